The molecule has 0 unspecified atom stereocenters. The number of hydrogen-bond acceptors (Lipinski definition) is 1. The fourth-order valence-electron chi connectivity index (χ4n) is 1.96. The summed E-state index contributed by atoms with van der Waals surface area (Å²) in [6, 6.07) is 6.00. The van der Waals surface area contributed by atoms with Crippen molar-refractivity contribution >= 4 is 28.5 Å². The Bertz CT molecular complexity index is 383. The Morgan fingerprint density at radius 3 is 2.60 bits per heavy atom. The van der Waals surface area contributed by atoms with Gasteiger partial charge in [-0.15, -0.1) is 0 Å². The highest BCUT2D eigenvalue weighted by atomic mass is 127. The van der Waals surface area contributed by atoms with Crippen LogP contribution in [0, 0.1) is 10.5 Å². The average Bonchev–Trinajstić information content (AvgIpc) is 2.69. The minimum Gasteiger partial charge on any atom is -0.339 e. The highest BCUT2D eigenvalue weighted by molar-refractivity contribution is 14.1. The van der Waals surface area contributed by atoms with E-state index in [1.807, 2.05) is 24.0 Å². The predicted octanol–water partition coefficient (Wildman–Crippen LogP) is 2.84. The van der Waals surface area contributed by atoms with E-state index in [1.54, 1.807) is 0 Å². The topological polar surface area (TPSA) is 20.3 Å². The molecular formula is C12H14INO. The zero-order valence-electron chi connectivity index (χ0n) is 8.79. The molecule has 0 aliphatic carbocycles. The van der Waals surface area contributed by atoms with Crippen molar-refractivity contribution in [3.05, 3.63) is 32.9 Å². The van der Waals surface area contributed by atoms with Crippen LogP contribution in [0.4, 0.5) is 0 Å². The van der Waals surface area contributed by atoms with Crippen molar-refractivity contribution < 1.29 is 4.79 Å². The lowest BCUT2D eigenvalue weighted by atomic mass is 10.1. The molecule has 1 aromatic rings. The maximum atomic E-state index is 12.1. The molecule has 1 aromatic carbocycles. The fraction of sp³-hybridized carbons (Fsp3) is 0.417. The fourth-order valence-corrected chi connectivity index (χ4v) is 2.60. The van der Waals surface area contributed by atoms with Gasteiger partial charge >= 0.3 is 0 Å². The first-order valence-corrected chi connectivity index (χ1v) is 6.32. The van der Waals surface area contributed by atoms with Crippen molar-refractivity contribution in [1.29, 1.82) is 0 Å². The third-order valence-electron chi connectivity index (χ3n) is 2.81. The second-order valence-corrected chi connectivity index (χ2v) is 5.20. The SMILES string of the molecule is Cc1cc(I)ccc1C(=O)N1CCCC1. The van der Waals surface area contributed by atoms with Gasteiger partial charge in [0.25, 0.3) is 5.91 Å². The zero-order chi connectivity index (χ0) is 10.8. The van der Waals surface area contributed by atoms with Crippen molar-refractivity contribution in [2.24, 2.45) is 0 Å². The number of carbonyl (C=O) groups is 1. The van der Waals surface area contributed by atoms with Gasteiger partial charge in [0.2, 0.25) is 0 Å². The Morgan fingerprint density at radius 1 is 1.33 bits per heavy atom. The van der Waals surface area contributed by atoms with E-state index in [4.69, 9.17) is 0 Å². The van der Waals surface area contributed by atoms with Gasteiger partial charge in [-0.3, -0.25) is 4.79 Å². The third-order valence-corrected chi connectivity index (χ3v) is 3.48. The molecule has 2 rings (SSSR count). The van der Waals surface area contributed by atoms with Gasteiger partial charge in [-0.2, -0.15) is 0 Å². The third kappa shape index (κ3) is 2.33. The van der Waals surface area contributed by atoms with Crippen LogP contribution in [-0.4, -0.2) is 23.9 Å². The van der Waals surface area contributed by atoms with Crippen LogP contribution >= 0.6 is 22.6 Å². The van der Waals surface area contributed by atoms with Crippen molar-refractivity contribution in [2.45, 2.75) is 19.8 Å². The summed E-state index contributed by atoms with van der Waals surface area (Å²) in [6.45, 7) is 3.85. The van der Waals surface area contributed by atoms with E-state index in [0.717, 1.165) is 37.1 Å². The first kappa shape index (κ1) is 10.9. The van der Waals surface area contributed by atoms with E-state index >= 15 is 0 Å². The summed E-state index contributed by atoms with van der Waals surface area (Å²) in [7, 11) is 0. The molecule has 1 heterocycles. The Kier molecular flexibility index (Phi) is 3.29. The van der Waals surface area contributed by atoms with Gasteiger partial charge in [0.05, 0.1) is 0 Å². The van der Waals surface area contributed by atoms with Crippen molar-refractivity contribution in [3.63, 3.8) is 0 Å². The van der Waals surface area contributed by atoms with E-state index in [1.165, 1.54) is 3.57 Å². The molecule has 0 bridgehead atoms. The van der Waals surface area contributed by atoms with E-state index in [0.29, 0.717) is 0 Å². The maximum absolute atomic E-state index is 12.1. The van der Waals surface area contributed by atoms with Gasteiger partial charge in [-0.1, -0.05) is 0 Å². The standard InChI is InChI=1S/C12H14INO/c1-9-8-10(13)4-5-11(9)12(15)14-6-2-3-7-14/h4-5,8H,2-3,6-7H2,1H3. The van der Waals surface area contributed by atoms with Crippen LogP contribution in [0.1, 0.15) is 28.8 Å². The first-order valence-electron chi connectivity index (χ1n) is 5.24. The number of amides is 1. The smallest absolute Gasteiger partial charge is 0.254 e. The molecule has 0 N–H and O–H groups in total. The van der Waals surface area contributed by atoms with Gasteiger partial charge in [-0.25, -0.2) is 0 Å². The van der Waals surface area contributed by atoms with Crippen LogP contribution in [0.2, 0.25) is 0 Å². The molecular weight excluding hydrogens is 301 g/mol. The van der Waals surface area contributed by atoms with Crippen molar-refractivity contribution in [1.82, 2.24) is 4.90 Å². The summed E-state index contributed by atoms with van der Waals surface area (Å²) in [5.41, 5.74) is 1.94. The Balaban J connectivity index is 2.24. The molecule has 1 fully saturated rings. The number of aryl methyl sites for hydroxylation is 1. The van der Waals surface area contributed by atoms with E-state index in [-0.39, 0.29) is 5.91 Å². The molecule has 0 radical (unpaired) electrons. The Labute approximate surface area is 104 Å². The molecule has 1 saturated heterocycles. The van der Waals surface area contributed by atoms with Crippen LogP contribution in [0.15, 0.2) is 18.2 Å². The van der Waals surface area contributed by atoms with Crippen molar-refractivity contribution in [2.75, 3.05) is 13.1 Å². The van der Waals surface area contributed by atoms with E-state index in [9.17, 15) is 4.79 Å². The van der Waals surface area contributed by atoms with Crippen LogP contribution < -0.4 is 0 Å². The average molecular weight is 315 g/mol. The minimum atomic E-state index is 0.196. The zero-order valence-corrected chi connectivity index (χ0v) is 11.0. The largest absolute Gasteiger partial charge is 0.339 e. The predicted molar refractivity (Wildman–Crippen MR) is 69.0 cm³/mol. The molecule has 0 aromatic heterocycles. The highest BCUT2D eigenvalue weighted by Gasteiger charge is 2.20. The van der Waals surface area contributed by atoms with Gasteiger partial charge in [0.1, 0.15) is 0 Å². The molecule has 1 aliphatic heterocycles. The molecule has 15 heavy (non-hydrogen) atoms. The van der Waals surface area contributed by atoms with Gasteiger partial charge in [0.15, 0.2) is 0 Å². The summed E-state index contributed by atoms with van der Waals surface area (Å²) in [6.07, 6.45) is 2.30. The summed E-state index contributed by atoms with van der Waals surface area (Å²) < 4.78 is 1.18. The van der Waals surface area contributed by atoms with E-state index in [2.05, 4.69) is 28.7 Å². The minimum absolute atomic E-state index is 0.196. The normalized spacial score (nSPS) is 15.7. The summed E-state index contributed by atoms with van der Waals surface area (Å²) >= 11 is 2.27. The summed E-state index contributed by atoms with van der Waals surface area (Å²) in [4.78, 5) is 14.1. The number of rotatable bonds is 1. The number of likely N-dealkylation sites (tertiary alicyclic amines) is 1. The van der Waals surface area contributed by atoms with Gasteiger partial charge in [0, 0.05) is 22.2 Å². The summed E-state index contributed by atoms with van der Waals surface area (Å²) in [5.74, 6) is 0.196. The number of benzene rings is 1. The molecule has 0 atom stereocenters. The maximum Gasteiger partial charge on any atom is 0.254 e. The van der Waals surface area contributed by atoms with Crippen LogP contribution in [-0.2, 0) is 0 Å². The summed E-state index contributed by atoms with van der Waals surface area (Å²) in [5, 5.41) is 0. The first-order chi connectivity index (χ1) is 7.18. The van der Waals surface area contributed by atoms with E-state index < -0.39 is 0 Å². The van der Waals surface area contributed by atoms with Crippen LogP contribution in [0.3, 0.4) is 0 Å². The monoisotopic (exact) mass is 315 g/mol. The number of hydrogen-bond donors (Lipinski definition) is 0. The molecule has 0 spiro atoms. The highest BCUT2D eigenvalue weighted by Crippen LogP contribution is 2.17. The number of halogens is 1. The molecule has 1 amide bonds. The van der Waals surface area contributed by atoms with Crippen LogP contribution in [0.5, 0.6) is 0 Å². The second kappa shape index (κ2) is 4.51. The van der Waals surface area contributed by atoms with Crippen LogP contribution in [0.25, 0.3) is 0 Å². The van der Waals surface area contributed by atoms with Gasteiger partial charge < -0.3 is 4.90 Å². The molecule has 2 nitrogen and oxygen atoms in total. The lowest BCUT2D eigenvalue weighted by molar-refractivity contribution is 0.0792. The second-order valence-electron chi connectivity index (χ2n) is 3.96. The lowest BCUT2D eigenvalue weighted by Crippen LogP contribution is -2.28. The Hall–Kier alpha value is -0.580. The molecule has 0 saturated carbocycles. The lowest BCUT2D eigenvalue weighted by Gasteiger charge is -2.16. The molecule has 1 aliphatic rings. The molecule has 80 valence electrons. The number of carbonyl (C=O) groups excluding carboxylic acids is 1. The van der Waals surface area contributed by atoms with Gasteiger partial charge in [-0.05, 0) is 66.1 Å². The molecule has 3 heteroatoms. The Morgan fingerprint density at radius 2 is 2.00 bits per heavy atom. The quantitative estimate of drug-likeness (QED) is 0.730. The number of nitrogens with zero attached hydrogens (tertiary/aromatic N) is 1. The van der Waals surface area contributed by atoms with Crippen molar-refractivity contribution in [3.8, 4) is 0 Å².